The van der Waals surface area contributed by atoms with Crippen molar-refractivity contribution in [1.29, 1.82) is 0 Å². The predicted molar refractivity (Wildman–Crippen MR) is 80.3 cm³/mol. The van der Waals surface area contributed by atoms with E-state index in [0.29, 0.717) is 5.02 Å². The Morgan fingerprint density at radius 3 is 2.65 bits per heavy atom. The Kier molecular flexibility index (Phi) is 4.68. The molecule has 5 heteroatoms. The molecule has 0 spiro atoms. The average Bonchev–Trinajstić information content (AvgIpc) is 2.35. The Balaban J connectivity index is 2.36. The predicted octanol–water partition coefficient (Wildman–Crippen LogP) is 3.05. The second-order valence-corrected chi connectivity index (χ2v) is 5.42. The van der Waals surface area contributed by atoms with Gasteiger partial charge in [-0.1, -0.05) is 23.7 Å². The molecule has 0 saturated carbocycles. The van der Waals surface area contributed by atoms with E-state index in [1.807, 2.05) is 32.0 Å². The summed E-state index contributed by atoms with van der Waals surface area (Å²) in [6, 6.07) is 5.51. The highest BCUT2D eigenvalue weighted by Gasteiger charge is 2.25. The first-order chi connectivity index (χ1) is 9.47. The van der Waals surface area contributed by atoms with E-state index in [4.69, 9.17) is 21.4 Å². The third-order valence-electron chi connectivity index (χ3n) is 3.16. The molecule has 0 aliphatic carbocycles. The second-order valence-electron chi connectivity index (χ2n) is 5.01. The Bertz CT molecular complexity index is 520. The van der Waals surface area contributed by atoms with Crippen LogP contribution in [0.3, 0.4) is 0 Å². The molecule has 4 nitrogen and oxygen atoms in total. The number of benzene rings is 1. The summed E-state index contributed by atoms with van der Waals surface area (Å²) in [7, 11) is 0. The maximum atomic E-state index is 10.7. The largest absolute Gasteiger partial charge is 0.478 e. The van der Waals surface area contributed by atoms with Gasteiger partial charge in [-0.05, 0) is 31.6 Å². The fraction of sp³-hybridized carbons (Fsp3) is 0.400. The standard InChI is InChI=1S/C15H18ClNO3/c1-10-8-17(9-11(2)20-10)15-12(6-7-14(18)19)4-3-5-13(15)16/h3-7,10-11H,8-9H2,1-2H3,(H,18,19)/b7-6+. The molecule has 1 aliphatic heterocycles. The van der Waals surface area contributed by atoms with E-state index >= 15 is 0 Å². The van der Waals surface area contributed by atoms with E-state index in [2.05, 4.69) is 4.90 Å². The van der Waals surface area contributed by atoms with Crippen molar-refractivity contribution in [1.82, 2.24) is 0 Å². The van der Waals surface area contributed by atoms with Gasteiger partial charge in [0.15, 0.2) is 0 Å². The number of carboxylic acids is 1. The monoisotopic (exact) mass is 295 g/mol. The van der Waals surface area contributed by atoms with Crippen LogP contribution < -0.4 is 4.90 Å². The van der Waals surface area contributed by atoms with E-state index in [9.17, 15) is 4.79 Å². The number of ether oxygens (including phenoxy) is 1. The summed E-state index contributed by atoms with van der Waals surface area (Å²) in [5, 5.41) is 9.40. The first-order valence-corrected chi connectivity index (χ1v) is 6.95. The fourth-order valence-electron chi connectivity index (χ4n) is 2.52. The van der Waals surface area contributed by atoms with Crippen LogP contribution in [0.2, 0.25) is 5.02 Å². The molecule has 1 aliphatic rings. The summed E-state index contributed by atoms with van der Waals surface area (Å²) in [6.07, 6.45) is 2.94. The van der Waals surface area contributed by atoms with Crippen LogP contribution in [0.25, 0.3) is 6.08 Å². The van der Waals surface area contributed by atoms with Crippen molar-refractivity contribution in [2.24, 2.45) is 0 Å². The molecular weight excluding hydrogens is 278 g/mol. The third kappa shape index (κ3) is 3.52. The number of hydrogen-bond donors (Lipinski definition) is 1. The molecule has 2 unspecified atom stereocenters. The van der Waals surface area contributed by atoms with Crippen LogP contribution in [0.1, 0.15) is 19.4 Å². The van der Waals surface area contributed by atoms with Crippen LogP contribution in [0, 0.1) is 0 Å². The van der Waals surface area contributed by atoms with Gasteiger partial charge in [0.05, 0.1) is 22.9 Å². The van der Waals surface area contributed by atoms with Crippen molar-refractivity contribution in [2.45, 2.75) is 26.1 Å². The van der Waals surface area contributed by atoms with Crippen molar-refractivity contribution in [3.63, 3.8) is 0 Å². The average molecular weight is 296 g/mol. The lowest BCUT2D eigenvalue weighted by molar-refractivity contribution is -0.131. The molecule has 1 N–H and O–H groups in total. The van der Waals surface area contributed by atoms with Gasteiger partial charge in [0.25, 0.3) is 0 Å². The number of nitrogens with zero attached hydrogens (tertiary/aromatic N) is 1. The minimum absolute atomic E-state index is 0.117. The van der Waals surface area contributed by atoms with Crippen LogP contribution in [0.15, 0.2) is 24.3 Å². The fourth-order valence-corrected chi connectivity index (χ4v) is 2.82. The lowest BCUT2D eigenvalue weighted by Gasteiger charge is -2.38. The SMILES string of the molecule is CC1CN(c2c(Cl)cccc2/C=C/C(=O)O)CC(C)O1. The molecule has 108 valence electrons. The highest BCUT2D eigenvalue weighted by atomic mass is 35.5. The van der Waals surface area contributed by atoms with Crippen molar-refractivity contribution in [3.05, 3.63) is 34.9 Å². The number of carbonyl (C=O) groups is 1. The maximum absolute atomic E-state index is 10.7. The van der Waals surface area contributed by atoms with E-state index in [1.165, 1.54) is 0 Å². The normalized spacial score (nSPS) is 23.2. The highest BCUT2D eigenvalue weighted by Crippen LogP contribution is 2.32. The summed E-state index contributed by atoms with van der Waals surface area (Å²) in [6.45, 7) is 5.52. The quantitative estimate of drug-likeness (QED) is 0.871. The lowest BCUT2D eigenvalue weighted by Crippen LogP contribution is -2.45. The maximum Gasteiger partial charge on any atom is 0.328 e. The topological polar surface area (TPSA) is 49.8 Å². The summed E-state index contributed by atoms with van der Waals surface area (Å²) >= 11 is 6.31. The molecule has 0 radical (unpaired) electrons. The Morgan fingerprint density at radius 2 is 2.05 bits per heavy atom. The van der Waals surface area contributed by atoms with Gasteiger partial charge in [-0.25, -0.2) is 4.79 Å². The molecule has 2 atom stereocenters. The van der Waals surface area contributed by atoms with Crippen LogP contribution in [0.4, 0.5) is 5.69 Å². The third-order valence-corrected chi connectivity index (χ3v) is 3.46. The Hall–Kier alpha value is -1.52. The van der Waals surface area contributed by atoms with Gasteiger partial charge >= 0.3 is 5.97 Å². The molecular formula is C15H18ClNO3. The van der Waals surface area contributed by atoms with Crippen molar-refractivity contribution in [2.75, 3.05) is 18.0 Å². The number of aliphatic carboxylic acids is 1. The molecule has 0 aromatic heterocycles. The van der Waals surface area contributed by atoms with Crippen LogP contribution in [0.5, 0.6) is 0 Å². The Labute approximate surface area is 123 Å². The van der Waals surface area contributed by atoms with Gasteiger partial charge in [0, 0.05) is 19.2 Å². The van der Waals surface area contributed by atoms with Gasteiger partial charge < -0.3 is 14.7 Å². The zero-order chi connectivity index (χ0) is 14.7. The van der Waals surface area contributed by atoms with Crippen LogP contribution in [-0.2, 0) is 9.53 Å². The lowest BCUT2D eigenvalue weighted by atomic mass is 10.1. The number of anilines is 1. The van der Waals surface area contributed by atoms with Crippen LogP contribution in [-0.4, -0.2) is 36.4 Å². The first kappa shape index (κ1) is 14.9. The first-order valence-electron chi connectivity index (χ1n) is 6.57. The van der Waals surface area contributed by atoms with E-state index in [-0.39, 0.29) is 12.2 Å². The number of halogens is 1. The Morgan fingerprint density at radius 1 is 1.40 bits per heavy atom. The molecule has 1 aromatic rings. The van der Waals surface area contributed by atoms with Crippen LogP contribution >= 0.6 is 11.6 Å². The van der Waals surface area contributed by atoms with Crippen molar-refractivity contribution >= 4 is 29.3 Å². The number of rotatable bonds is 3. The zero-order valence-electron chi connectivity index (χ0n) is 11.5. The minimum atomic E-state index is -0.973. The summed E-state index contributed by atoms with van der Waals surface area (Å²) in [5.74, 6) is -0.973. The van der Waals surface area contributed by atoms with Crippen molar-refractivity contribution in [3.8, 4) is 0 Å². The number of morpholine rings is 1. The molecule has 20 heavy (non-hydrogen) atoms. The highest BCUT2D eigenvalue weighted by molar-refractivity contribution is 6.33. The van der Waals surface area contributed by atoms with Gasteiger partial charge in [-0.2, -0.15) is 0 Å². The minimum Gasteiger partial charge on any atom is -0.478 e. The van der Waals surface area contributed by atoms with E-state index in [0.717, 1.165) is 30.4 Å². The van der Waals surface area contributed by atoms with Gasteiger partial charge in [-0.15, -0.1) is 0 Å². The molecule has 0 amide bonds. The zero-order valence-corrected chi connectivity index (χ0v) is 12.3. The summed E-state index contributed by atoms with van der Waals surface area (Å²) in [4.78, 5) is 12.9. The van der Waals surface area contributed by atoms with Gasteiger partial charge in [0.2, 0.25) is 0 Å². The molecule has 2 rings (SSSR count). The van der Waals surface area contributed by atoms with E-state index < -0.39 is 5.97 Å². The van der Waals surface area contributed by atoms with Crippen molar-refractivity contribution < 1.29 is 14.6 Å². The van der Waals surface area contributed by atoms with E-state index in [1.54, 1.807) is 6.08 Å². The second kappa shape index (κ2) is 6.29. The summed E-state index contributed by atoms with van der Waals surface area (Å²) < 4.78 is 5.72. The number of carboxylic acid groups (broad SMARTS) is 1. The molecule has 1 saturated heterocycles. The molecule has 1 fully saturated rings. The number of para-hydroxylation sites is 1. The molecule has 0 bridgehead atoms. The smallest absolute Gasteiger partial charge is 0.328 e. The molecule has 1 aromatic carbocycles. The molecule has 1 heterocycles. The number of hydrogen-bond acceptors (Lipinski definition) is 3. The van der Waals surface area contributed by atoms with Gasteiger partial charge in [0.1, 0.15) is 0 Å². The van der Waals surface area contributed by atoms with Gasteiger partial charge in [-0.3, -0.25) is 0 Å². The summed E-state index contributed by atoms with van der Waals surface area (Å²) in [5.41, 5.74) is 1.68.